The predicted molar refractivity (Wildman–Crippen MR) is 114 cm³/mol. The fraction of sp³-hybridized carbons (Fsp3) is 0.182. The number of para-hydroxylation sites is 1. The molecular weight excluding hydrogens is 402 g/mol. The number of carbonyl (C=O) groups is 2. The summed E-state index contributed by atoms with van der Waals surface area (Å²) in [7, 11) is 0. The van der Waals surface area contributed by atoms with Crippen LogP contribution in [-0.2, 0) is 9.53 Å². The summed E-state index contributed by atoms with van der Waals surface area (Å²) in [5, 5.41) is 13.9. The summed E-state index contributed by atoms with van der Waals surface area (Å²) in [5.74, 6) is -2.31. The molecule has 0 bridgehead atoms. The van der Waals surface area contributed by atoms with Crippen LogP contribution in [-0.4, -0.2) is 29.4 Å². The molecule has 160 valence electrons. The Morgan fingerprint density at radius 1 is 1.03 bits per heavy atom. The van der Waals surface area contributed by atoms with E-state index in [1.54, 1.807) is 12.1 Å². The van der Waals surface area contributed by atoms with Crippen LogP contribution < -0.4 is 10.2 Å². The zero-order valence-corrected chi connectivity index (χ0v) is 17.0. The van der Waals surface area contributed by atoms with Gasteiger partial charge in [-0.25, -0.2) is 4.79 Å². The number of furan rings is 1. The first-order valence-corrected chi connectivity index (χ1v) is 9.50. The highest BCUT2D eigenvalue weighted by Crippen LogP contribution is 2.23. The summed E-state index contributed by atoms with van der Waals surface area (Å²) in [4.78, 5) is 36.1. The topological polar surface area (TPSA) is 115 Å². The molecule has 31 heavy (non-hydrogen) atoms. The molecule has 9 nitrogen and oxygen atoms in total. The first-order valence-electron chi connectivity index (χ1n) is 9.50. The van der Waals surface area contributed by atoms with Crippen LogP contribution in [0.4, 0.5) is 22.9 Å². The van der Waals surface area contributed by atoms with E-state index in [2.05, 4.69) is 5.32 Å². The molecule has 0 unspecified atom stereocenters. The second kappa shape index (κ2) is 9.57. The van der Waals surface area contributed by atoms with Gasteiger partial charge in [0, 0.05) is 23.1 Å². The van der Waals surface area contributed by atoms with Gasteiger partial charge >= 0.3 is 11.9 Å². The Hall–Kier alpha value is -4.14. The first kappa shape index (κ1) is 21.6. The molecular formula is C22H21N3O6. The van der Waals surface area contributed by atoms with Crippen molar-refractivity contribution in [3.05, 3.63) is 82.6 Å². The zero-order valence-electron chi connectivity index (χ0n) is 17.0. The quantitative estimate of drug-likeness (QED) is 0.321. The largest absolute Gasteiger partial charge is 0.450 e. The standard InChI is InChI=1S/C22H21N3O6/c1-15(2)24(18-10-8-17(9-11-18)23-16-6-4-3-5-7-16)20(26)14-30-22(27)19-12-13-21(31-19)25(28)29/h3-13,15,23H,14H2,1-2H3. The molecule has 3 aromatic rings. The molecule has 0 saturated heterocycles. The second-order valence-corrected chi connectivity index (χ2v) is 6.87. The van der Waals surface area contributed by atoms with Crippen molar-refractivity contribution in [1.29, 1.82) is 0 Å². The molecule has 3 rings (SSSR count). The Labute approximate surface area is 178 Å². The van der Waals surface area contributed by atoms with Crippen molar-refractivity contribution in [3.8, 4) is 0 Å². The van der Waals surface area contributed by atoms with E-state index in [4.69, 9.17) is 9.15 Å². The van der Waals surface area contributed by atoms with Crippen LogP contribution in [0.15, 0.2) is 71.1 Å². The van der Waals surface area contributed by atoms with E-state index in [1.807, 2.05) is 56.3 Å². The Bertz CT molecular complexity index is 1060. The highest BCUT2D eigenvalue weighted by Gasteiger charge is 2.23. The molecule has 0 aliphatic heterocycles. The number of benzene rings is 2. The van der Waals surface area contributed by atoms with Crippen LogP contribution in [0.1, 0.15) is 24.4 Å². The van der Waals surface area contributed by atoms with Crippen LogP contribution in [0.3, 0.4) is 0 Å². The SMILES string of the molecule is CC(C)N(C(=O)COC(=O)c1ccc([N+](=O)[O-])o1)c1ccc(Nc2ccccc2)cc1. The van der Waals surface area contributed by atoms with Crippen molar-refractivity contribution in [2.24, 2.45) is 0 Å². The molecule has 9 heteroatoms. The maximum absolute atomic E-state index is 12.7. The van der Waals surface area contributed by atoms with E-state index in [0.29, 0.717) is 5.69 Å². The molecule has 1 amide bonds. The molecule has 0 fully saturated rings. The summed E-state index contributed by atoms with van der Waals surface area (Å²) in [6.07, 6.45) is 0. The van der Waals surface area contributed by atoms with Crippen LogP contribution in [0, 0.1) is 10.1 Å². The third-order valence-electron chi connectivity index (χ3n) is 4.29. The number of nitrogens with zero attached hydrogens (tertiary/aromatic N) is 2. The minimum Gasteiger partial charge on any atom is -0.450 e. The van der Waals surface area contributed by atoms with Gasteiger partial charge in [-0.1, -0.05) is 18.2 Å². The van der Waals surface area contributed by atoms with Gasteiger partial charge in [-0.2, -0.15) is 0 Å². The minimum atomic E-state index is -0.951. The van der Waals surface area contributed by atoms with Crippen LogP contribution >= 0.6 is 0 Å². The number of nitro groups is 1. The number of carbonyl (C=O) groups excluding carboxylic acids is 2. The minimum absolute atomic E-state index is 0.191. The van der Waals surface area contributed by atoms with E-state index >= 15 is 0 Å². The van der Waals surface area contributed by atoms with Gasteiger partial charge in [-0.15, -0.1) is 0 Å². The van der Waals surface area contributed by atoms with Gasteiger partial charge < -0.3 is 19.4 Å². The molecule has 1 heterocycles. The number of nitrogens with one attached hydrogen (secondary N) is 1. The summed E-state index contributed by atoms with van der Waals surface area (Å²) in [5.41, 5.74) is 2.44. The van der Waals surface area contributed by atoms with Crippen molar-refractivity contribution in [2.45, 2.75) is 19.9 Å². The van der Waals surface area contributed by atoms with Gasteiger partial charge in [0.05, 0.1) is 6.07 Å². The number of rotatable bonds is 8. The average Bonchev–Trinajstić information content (AvgIpc) is 3.25. The molecule has 0 spiro atoms. The second-order valence-electron chi connectivity index (χ2n) is 6.87. The van der Waals surface area contributed by atoms with Crippen LogP contribution in [0.25, 0.3) is 0 Å². The Balaban J connectivity index is 1.64. The predicted octanol–water partition coefficient (Wildman–Crippen LogP) is 4.53. The molecule has 0 aliphatic carbocycles. The van der Waals surface area contributed by atoms with E-state index in [1.165, 1.54) is 4.90 Å². The Morgan fingerprint density at radius 3 is 2.26 bits per heavy atom. The number of amides is 1. The Kier molecular flexibility index (Phi) is 6.66. The van der Waals surface area contributed by atoms with Gasteiger partial charge in [-0.05, 0) is 56.3 Å². The van der Waals surface area contributed by atoms with Crippen molar-refractivity contribution in [3.63, 3.8) is 0 Å². The summed E-state index contributed by atoms with van der Waals surface area (Å²) < 4.78 is 9.77. The normalized spacial score (nSPS) is 10.5. The van der Waals surface area contributed by atoms with Crippen LogP contribution in [0.5, 0.6) is 0 Å². The lowest BCUT2D eigenvalue weighted by Gasteiger charge is -2.27. The van der Waals surface area contributed by atoms with Gasteiger partial charge in [0.2, 0.25) is 5.76 Å². The first-order chi connectivity index (χ1) is 14.8. The van der Waals surface area contributed by atoms with Gasteiger partial charge in [-0.3, -0.25) is 14.9 Å². The molecule has 2 aromatic carbocycles. The van der Waals surface area contributed by atoms with E-state index in [0.717, 1.165) is 23.5 Å². The number of esters is 1. The van der Waals surface area contributed by atoms with Crippen molar-refractivity contribution in [2.75, 3.05) is 16.8 Å². The summed E-state index contributed by atoms with van der Waals surface area (Å²) >= 11 is 0. The van der Waals surface area contributed by atoms with Crippen molar-refractivity contribution >= 4 is 34.8 Å². The molecule has 0 atom stereocenters. The smallest absolute Gasteiger partial charge is 0.433 e. The van der Waals surface area contributed by atoms with Gasteiger partial charge in [0.15, 0.2) is 6.61 Å². The van der Waals surface area contributed by atoms with E-state index in [9.17, 15) is 19.7 Å². The zero-order chi connectivity index (χ0) is 22.4. The highest BCUT2D eigenvalue weighted by molar-refractivity contribution is 5.97. The van der Waals surface area contributed by atoms with E-state index in [-0.39, 0.29) is 11.8 Å². The fourth-order valence-electron chi connectivity index (χ4n) is 2.93. The lowest BCUT2D eigenvalue weighted by Crippen LogP contribution is -2.39. The molecule has 1 N–H and O–H groups in total. The molecule has 0 radical (unpaired) electrons. The maximum atomic E-state index is 12.7. The molecule has 0 aliphatic rings. The number of ether oxygens (including phenoxy) is 1. The fourth-order valence-corrected chi connectivity index (χ4v) is 2.93. The van der Waals surface area contributed by atoms with Crippen molar-refractivity contribution in [1.82, 2.24) is 0 Å². The summed E-state index contributed by atoms with van der Waals surface area (Å²) in [6, 6.07) is 18.9. The monoisotopic (exact) mass is 423 g/mol. The number of anilines is 3. The number of hydrogen-bond acceptors (Lipinski definition) is 7. The van der Waals surface area contributed by atoms with E-state index < -0.39 is 29.3 Å². The summed E-state index contributed by atoms with van der Waals surface area (Å²) in [6.45, 7) is 3.15. The van der Waals surface area contributed by atoms with Crippen molar-refractivity contribution < 1.29 is 23.7 Å². The average molecular weight is 423 g/mol. The third kappa shape index (κ3) is 5.47. The van der Waals surface area contributed by atoms with Gasteiger partial charge in [0.25, 0.3) is 5.91 Å². The van der Waals surface area contributed by atoms with Crippen LogP contribution in [0.2, 0.25) is 0 Å². The lowest BCUT2D eigenvalue weighted by atomic mass is 10.2. The lowest BCUT2D eigenvalue weighted by molar-refractivity contribution is -0.402. The third-order valence-corrected chi connectivity index (χ3v) is 4.29. The van der Waals surface area contributed by atoms with Gasteiger partial charge in [0.1, 0.15) is 4.92 Å². The highest BCUT2D eigenvalue weighted by atomic mass is 16.7. The maximum Gasteiger partial charge on any atom is 0.433 e. The molecule has 0 saturated carbocycles. The Morgan fingerprint density at radius 2 is 1.68 bits per heavy atom. The molecule has 1 aromatic heterocycles. The number of hydrogen-bond donors (Lipinski definition) is 1.